The lowest BCUT2D eigenvalue weighted by Crippen LogP contribution is -2.24. The predicted molar refractivity (Wildman–Crippen MR) is 115 cm³/mol. The van der Waals surface area contributed by atoms with E-state index in [0.29, 0.717) is 57.2 Å². The summed E-state index contributed by atoms with van der Waals surface area (Å²) in [6, 6.07) is 2.94. The first-order chi connectivity index (χ1) is 15.2. The lowest BCUT2D eigenvalue weighted by atomic mass is 10.0. The first-order valence-corrected chi connectivity index (χ1v) is 10.6. The third kappa shape index (κ3) is 6.44. The minimum atomic E-state index is -4.50. The highest BCUT2D eigenvalue weighted by atomic mass is 35.5. The van der Waals surface area contributed by atoms with Gasteiger partial charge in [0, 0.05) is 36.8 Å². The molecule has 0 aliphatic carbocycles. The van der Waals surface area contributed by atoms with Gasteiger partial charge in [0.15, 0.2) is 0 Å². The van der Waals surface area contributed by atoms with Crippen LogP contribution in [0, 0.1) is 0 Å². The molecule has 32 heavy (non-hydrogen) atoms. The molecule has 0 fully saturated rings. The normalized spacial score (nSPS) is 14.8. The summed E-state index contributed by atoms with van der Waals surface area (Å²) in [5.74, 6) is 0.472. The van der Waals surface area contributed by atoms with Gasteiger partial charge < -0.3 is 15.4 Å². The summed E-state index contributed by atoms with van der Waals surface area (Å²) < 4.78 is 44.9. The molecule has 0 spiro atoms. The van der Waals surface area contributed by atoms with E-state index < -0.39 is 17.8 Å². The zero-order valence-electron chi connectivity index (χ0n) is 17.2. The highest BCUT2D eigenvalue weighted by Gasteiger charge is 2.32. The maximum Gasteiger partial charge on any atom is 0.416 e. The molecule has 0 saturated carbocycles. The zero-order valence-corrected chi connectivity index (χ0v) is 18.7. The van der Waals surface area contributed by atoms with Crippen molar-refractivity contribution in [2.24, 2.45) is 0 Å². The monoisotopic (exact) mass is 491 g/mol. The number of hydrogen-bond acceptors (Lipinski definition) is 6. The summed E-state index contributed by atoms with van der Waals surface area (Å²) >= 11 is 12.0. The number of hydrogen-bond donors (Lipinski definition) is 2. The second-order valence-electron chi connectivity index (χ2n) is 7.30. The van der Waals surface area contributed by atoms with Crippen LogP contribution < -0.4 is 10.6 Å². The highest BCUT2D eigenvalue weighted by molar-refractivity contribution is 6.30. The van der Waals surface area contributed by atoms with Crippen molar-refractivity contribution in [2.45, 2.75) is 32.2 Å². The van der Waals surface area contributed by atoms with Crippen molar-refractivity contribution in [3.8, 4) is 0 Å². The standard InChI is InChI=1S/C20H22Cl2F3N5O2/c1-12(13-6-14(20(23,24)25)8-15(21)7-13)27-18-16-9-30(3-5-32-4-2-26-11-31)10-17(16)28-19(22)29-18/h6-8,11-12H,2-5,9-10H2,1H3,(H,26,31)(H,27,28,29). The Kier molecular flexibility index (Phi) is 8.16. The van der Waals surface area contributed by atoms with E-state index in [-0.39, 0.29) is 10.3 Å². The Morgan fingerprint density at radius 1 is 1.22 bits per heavy atom. The number of anilines is 1. The molecule has 12 heteroatoms. The van der Waals surface area contributed by atoms with E-state index in [9.17, 15) is 18.0 Å². The van der Waals surface area contributed by atoms with Gasteiger partial charge >= 0.3 is 6.18 Å². The molecule has 1 aromatic heterocycles. The van der Waals surface area contributed by atoms with Crippen molar-refractivity contribution in [2.75, 3.05) is 31.6 Å². The van der Waals surface area contributed by atoms with Crippen molar-refractivity contribution in [1.29, 1.82) is 0 Å². The molecule has 7 nitrogen and oxygen atoms in total. The minimum Gasteiger partial charge on any atom is -0.378 e. The Balaban J connectivity index is 1.68. The van der Waals surface area contributed by atoms with Gasteiger partial charge in [0.2, 0.25) is 11.7 Å². The molecule has 0 bridgehead atoms. The molecule has 2 heterocycles. The van der Waals surface area contributed by atoms with Gasteiger partial charge in [-0.2, -0.15) is 13.2 Å². The lowest BCUT2D eigenvalue weighted by Gasteiger charge is -2.19. The fourth-order valence-electron chi connectivity index (χ4n) is 3.37. The SMILES string of the molecule is CC(Nc1nc(Cl)nc2c1CN(CCOCCNC=O)C2)c1cc(Cl)cc(C(F)(F)F)c1. The van der Waals surface area contributed by atoms with Crippen LogP contribution in [0.4, 0.5) is 19.0 Å². The molecule has 174 valence electrons. The molecule has 0 saturated heterocycles. The van der Waals surface area contributed by atoms with Crippen molar-refractivity contribution >= 4 is 35.4 Å². The molecule has 1 aliphatic heterocycles. The van der Waals surface area contributed by atoms with Crippen molar-refractivity contribution in [1.82, 2.24) is 20.2 Å². The van der Waals surface area contributed by atoms with Crippen LogP contribution in [0.5, 0.6) is 0 Å². The average Bonchev–Trinajstić information content (AvgIpc) is 3.12. The van der Waals surface area contributed by atoms with Gasteiger partial charge in [-0.25, -0.2) is 9.97 Å². The third-order valence-electron chi connectivity index (χ3n) is 4.95. The number of nitrogens with one attached hydrogen (secondary N) is 2. The van der Waals surface area contributed by atoms with Gasteiger partial charge in [0.25, 0.3) is 0 Å². The fraction of sp³-hybridized carbons (Fsp3) is 0.450. The summed E-state index contributed by atoms with van der Waals surface area (Å²) in [6.45, 7) is 4.77. The van der Waals surface area contributed by atoms with Crippen LogP contribution in [0.2, 0.25) is 10.3 Å². The number of nitrogens with zero attached hydrogens (tertiary/aromatic N) is 3. The van der Waals surface area contributed by atoms with Crippen LogP contribution in [-0.4, -0.2) is 47.6 Å². The molecule has 1 atom stereocenters. The van der Waals surface area contributed by atoms with E-state index >= 15 is 0 Å². The van der Waals surface area contributed by atoms with Gasteiger partial charge in [-0.1, -0.05) is 11.6 Å². The van der Waals surface area contributed by atoms with E-state index in [1.807, 2.05) is 0 Å². The fourth-order valence-corrected chi connectivity index (χ4v) is 3.80. The van der Waals surface area contributed by atoms with Crippen molar-refractivity contribution in [3.05, 3.63) is 50.9 Å². The summed E-state index contributed by atoms with van der Waals surface area (Å²) in [6.07, 6.45) is -3.88. The Morgan fingerprint density at radius 3 is 2.72 bits per heavy atom. The molecular formula is C20H22Cl2F3N5O2. The van der Waals surface area contributed by atoms with E-state index in [4.69, 9.17) is 27.9 Å². The minimum absolute atomic E-state index is 0.00365. The predicted octanol–water partition coefficient (Wildman–Crippen LogP) is 4.05. The largest absolute Gasteiger partial charge is 0.416 e. The molecule has 1 unspecified atom stereocenters. The van der Waals surface area contributed by atoms with Crippen molar-refractivity contribution < 1.29 is 22.7 Å². The first kappa shape index (κ1) is 24.5. The van der Waals surface area contributed by atoms with Crippen LogP contribution in [0.15, 0.2) is 18.2 Å². The van der Waals surface area contributed by atoms with Gasteiger partial charge in [0.1, 0.15) is 5.82 Å². The third-order valence-corrected chi connectivity index (χ3v) is 5.33. The molecular weight excluding hydrogens is 470 g/mol. The van der Waals surface area contributed by atoms with Gasteiger partial charge in [-0.05, 0) is 42.3 Å². The summed E-state index contributed by atoms with van der Waals surface area (Å²) in [5, 5.41) is 5.73. The number of halogens is 5. The van der Waals surface area contributed by atoms with Gasteiger partial charge in [0.05, 0.1) is 30.5 Å². The van der Waals surface area contributed by atoms with Gasteiger partial charge in [-0.15, -0.1) is 0 Å². The molecule has 2 aromatic rings. The number of benzene rings is 1. The van der Waals surface area contributed by atoms with Crippen LogP contribution in [-0.2, 0) is 28.8 Å². The van der Waals surface area contributed by atoms with Crippen molar-refractivity contribution in [3.63, 3.8) is 0 Å². The number of carbonyl (C=O) groups is 1. The molecule has 1 amide bonds. The van der Waals surface area contributed by atoms with E-state index in [1.54, 1.807) is 6.92 Å². The highest BCUT2D eigenvalue weighted by Crippen LogP contribution is 2.35. The number of rotatable bonds is 10. The number of aromatic nitrogens is 2. The maximum atomic E-state index is 13.2. The number of alkyl halides is 3. The molecule has 2 N–H and O–H groups in total. The number of carbonyl (C=O) groups excluding carboxylic acids is 1. The summed E-state index contributed by atoms with van der Waals surface area (Å²) in [4.78, 5) is 20.9. The maximum absolute atomic E-state index is 13.2. The Hall–Kier alpha value is -2.14. The average molecular weight is 492 g/mol. The number of ether oxygens (including phenoxy) is 1. The topological polar surface area (TPSA) is 79.4 Å². The van der Waals surface area contributed by atoms with Gasteiger partial charge in [-0.3, -0.25) is 9.69 Å². The quantitative estimate of drug-likeness (QED) is 0.296. The second-order valence-corrected chi connectivity index (χ2v) is 8.07. The summed E-state index contributed by atoms with van der Waals surface area (Å²) in [5.41, 5.74) is 1.15. The van der Waals surface area contributed by atoms with E-state index in [2.05, 4.69) is 25.5 Å². The number of fused-ring (bicyclic) bond motifs is 1. The smallest absolute Gasteiger partial charge is 0.378 e. The summed E-state index contributed by atoms with van der Waals surface area (Å²) in [7, 11) is 0. The van der Waals surface area contributed by atoms with E-state index in [0.717, 1.165) is 23.4 Å². The lowest BCUT2D eigenvalue weighted by molar-refractivity contribution is -0.137. The van der Waals surface area contributed by atoms with Crippen LogP contribution in [0.25, 0.3) is 0 Å². The second kappa shape index (κ2) is 10.7. The molecule has 1 aromatic carbocycles. The zero-order chi connectivity index (χ0) is 23.3. The Bertz CT molecular complexity index is 962. The first-order valence-electron chi connectivity index (χ1n) is 9.84. The van der Waals surface area contributed by atoms with E-state index in [1.165, 1.54) is 6.07 Å². The van der Waals surface area contributed by atoms with Crippen LogP contribution in [0.1, 0.15) is 35.3 Å². The molecule has 1 aliphatic rings. The Labute approximate surface area is 193 Å². The molecule has 0 radical (unpaired) electrons. The molecule has 3 rings (SSSR count). The van der Waals surface area contributed by atoms with Crippen LogP contribution >= 0.6 is 23.2 Å². The Morgan fingerprint density at radius 2 is 2.00 bits per heavy atom. The number of amides is 1. The van der Waals surface area contributed by atoms with Crippen LogP contribution in [0.3, 0.4) is 0 Å².